The molecule has 0 spiro atoms. The zero-order valence-corrected chi connectivity index (χ0v) is 13.8. The van der Waals surface area contributed by atoms with Crippen LogP contribution in [-0.4, -0.2) is 18.0 Å². The Kier molecular flexibility index (Phi) is 4.19. The lowest BCUT2D eigenvalue weighted by Gasteiger charge is -2.45. The van der Waals surface area contributed by atoms with Crippen molar-refractivity contribution in [3.63, 3.8) is 0 Å². The Balaban J connectivity index is 1.33. The van der Waals surface area contributed by atoms with Crippen LogP contribution in [0.5, 0.6) is 0 Å². The molecular weight excluding hydrogens is 272 g/mol. The normalized spacial score (nSPS) is 45.3. The van der Waals surface area contributed by atoms with Gasteiger partial charge in [-0.2, -0.15) is 0 Å². The maximum absolute atomic E-state index is 12.7. The topological polar surface area (TPSA) is 55.1 Å². The summed E-state index contributed by atoms with van der Waals surface area (Å²) in [5, 5.41) is 3.48. The van der Waals surface area contributed by atoms with Crippen LogP contribution in [0.25, 0.3) is 0 Å². The first-order chi connectivity index (χ1) is 10.7. The Hall–Kier alpha value is -0.570. The molecule has 0 radical (unpaired) electrons. The van der Waals surface area contributed by atoms with Crippen LogP contribution in [0.3, 0.4) is 0 Å². The third kappa shape index (κ3) is 2.93. The predicted octanol–water partition coefficient (Wildman–Crippen LogP) is 3.23. The SMILES string of the molecule is NC1CC2CCCC(C1)C2NC(=O)C1CC1C1CCCCC1. The van der Waals surface area contributed by atoms with Crippen molar-refractivity contribution in [2.75, 3.05) is 0 Å². The number of hydrogen-bond acceptors (Lipinski definition) is 2. The largest absolute Gasteiger partial charge is 0.353 e. The Morgan fingerprint density at radius 1 is 0.818 bits per heavy atom. The molecule has 0 aromatic carbocycles. The van der Waals surface area contributed by atoms with Gasteiger partial charge in [0.25, 0.3) is 0 Å². The van der Waals surface area contributed by atoms with E-state index in [0.717, 1.165) is 25.2 Å². The van der Waals surface area contributed by atoms with E-state index < -0.39 is 0 Å². The molecule has 0 aromatic rings. The first-order valence-electron chi connectivity index (χ1n) is 9.78. The van der Waals surface area contributed by atoms with Gasteiger partial charge >= 0.3 is 0 Å². The number of carbonyl (C=O) groups excluding carboxylic acids is 1. The fourth-order valence-corrected chi connectivity index (χ4v) is 5.90. The van der Waals surface area contributed by atoms with Crippen molar-refractivity contribution < 1.29 is 4.79 Å². The predicted molar refractivity (Wildman–Crippen MR) is 88.1 cm³/mol. The zero-order chi connectivity index (χ0) is 15.1. The highest BCUT2D eigenvalue weighted by atomic mass is 16.2. The Morgan fingerprint density at radius 3 is 2.14 bits per heavy atom. The summed E-state index contributed by atoms with van der Waals surface area (Å²) in [6.45, 7) is 0. The van der Waals surface area contributed by atoms with Crippen molar-refractivity contribution in [2.45, 2.75) is 82.7 Å². The molecule has 0 aromatic heterocycles. The van der Waals surface area contributed by atoms with E-state index in [4.69, 9.17) is 5.73 Å². The average Bonchev–Trinajstić information content (AvgIpc) is 3.30. The summed E-state index contributed by atoms with van der Waals surface area (Å²) in [5.41, 5.74) is 6.20. The Bertz CT molecular complexity index is 404. The molecule has 4 aliphatic rings. The van der Waals surface area contributed by atoms with Crippen molar-refractivity contribution in [1.82, 2.24) is 5.32 Å². The van der Waals surface area contributed by atoms with Crippen LogP contribution in [0.2, 0.25) is 0 Å². The van der Waals surface area contributed by atoms with E-state index in [2.05, 4.69) is 5.32 Å². The minimum absolute atomic E-state index is 0.347. The molecule has 3 nitrogen and oxygen atoms in total. The summed E-state index contributed by atoms with van der Waals surface area (Å²) in [6.07, 6.45) is 14.2. The molecule has 124 valence electrons. The smallest absolute Gasteiger partial charge is 0.223 e. The number of amides is 1. The Labute approximate surface area is 134 Å². The molecule has 1 amide bonds. The fraction of sp³-hybridized carbons (Fsp3) is 0.947. The van der Waals surface area contributed by atoms with Gasteiger partial charge in [-0.05, 0) is 55.8 Å². The average molecular weight is 304 g/mol. The van der Waals surface area contributed by atoms with Crippen LogP contribution in [-0.2, 0) is 4.79 Å². The minimum Gasteiger partial charge on any atom is -0.353 e. The van der Waals surface area contributed by atoms with E-state index in [0.29, 0.717) is 41.7 Å². The summed E-state index contributed by atoms with van der Waals surface area (Å²) in [5.74, 6) is 3.60. The highest BCUT2D eigenvalue weighted by Gasteiger charge is 2.49. The minimum atomic E-state index is 0.347. The molecule has 4 fully saturated rings. The second kappa shape index (κ2) is 6.14. The van der Waals surface area contributed by atoms with Crippen LogP contribution in [0.1, 0.15) is 70.6 Å². The van der Waals surface area contributed by atoms with Gasteiger partial charge in [0.05, 0.1) is 0 Å². The molecule has 22 heavy (non-hydrogen) atoms. The lowest BCUT2D eigenvalue weighted by atomic mass is 9.67. The molecule has 0 heterocycles. The van der Waals surface area contributed by atoms with E-state index >= 15 is 0 Å². The number of fused-ring (bicyclic) bond motifs is 2. The number of hydrogen-bond donors (Lipinski definition) is 2. The summed E-state index contributed by atoms with van der Waals surface area (Å²) >= 11 is 0. The number of rotatable bonds is 3. The summed E-state index contributed by atoms with van der Waals surface area (Å²) < 4.78 is 0. The monoisotopic (exact) mass is 304 g/mol. The number of carbonyl (C=O) groups is 1. The van der Waals surface area contributed by atoms with Crippen LogP contribution in [0.15, 0.2) is 0 Å². The third-order valence-corrected chi connectivity index (χ3v) is 7.12. The van der Waals surface area contributed by atoms with Gasteiger partial charge in [-0.15, -0.1) is 0 Å². The summed E-state index contributed by atoms with van der Waals surface area (Å²) in [6, 6.07) is 0.813. The van der Waals surface area contributed by atoms with E-state index in [1.165, 1.54) is 51.4 Å². The second-order valence-electron chi connectivity index (χ2n) is 8.62. The van der Waals surface area contributed by atoms with Crippen molar-refractivity contribution in [2.24, 2.45) is 35.3 Å². The van der Waals surface area contributed by atoms with Crippen molar-refractivity contribution in [1.29, 1.82) is 0 Å². The molecule has 0 saturated heterocycles. The lowest BCUT2D eigenvalue weighted by molar-refractivity contribution is -0.125. The maximum atomic E-state index is 12.7. The zero-order valence-electron chi connectivity index (χ0n) is 13.8. The van der Waals surface area contributed by atoms with Gasteiger partial charge in [-0.3, -0.25) is 4.79 Å². The van der Waals surface area contributed by atoms with E-state index in [1.807, 2.05) is 0 Å². The first kappa shape index (κ1) is 15.0. The van der Waals surface area contributed by atoms with E-state index in [1.54, 1.807) is 0 Å². The molecule has 0 aliphatic heterocycles. The van der Waals surface area contributed by atoms with Gasteiger partial charge in [-0.1, -0.05) is 38.5 Å². The van der Waals surface area contributed by atoms with Gasteiger partial charge in [0.2, 0.25) is 5.91 Å². The fourth-order valence-electron chi connectivity index (χ4n) is 5.90. The van der Waals surface area contributed by atoms with Gasteiger partial charge in [0.1, 0.15) is 0 Å². The van der Waals surface area contributed by atoms with Gasteiger partial charge in [0.15, 0.2) is 0 Å². The highest BCUT2D eigenvalue weighted by Crippen LogP contribution is 2.50. The highest BCUT2D eigenvalue weighted by molar-refractivity contribution is 5.82. The number of nitrogens with one attached hydrogen (secondary N) is 1. The summed E-state index contributed by atoms with van der Waals surface area (Å²) in [4.78, 5) is 12.7. The summed E-state index contributed by atoms with van der Waals surface area (Å²) in [7, 11) is 0. The standard InChI is InChI=1S/C19H32N2O/c20-15-9-13-7-4-8-14(10-15)18(13)21-19(22)17-11-16(17)12-5-2-1-3-6-12/h12-18H,1-11,20H2,(H,21,22). The van der Waals surface area contributed by atoms with Crippen LogP contribution in [0.4, 0.5) is 0 Å². The molecule has 4 atom stereocenters. The van der Waals surface area contributed by atoms with Crippen LogP contribution < -0.4 is 11.1 Å². The molecule has 4 saturated carbocycles. The molecule has 3 heteroatoms. The molecule has 2 bridgehead atoms. The maximum Gasteiger partial charge on any atom is 0.223 e. The van der Waals surface area contributed by atoms with Crippen LogP contribution >= 0.6 is 0 Å². The second-order valence-corrected chi connectivity index (χ2v) is 8.62. The molecule has 3 N–H and O–H groups in total. The van der Waals surface area contributed by atoms with Gasteiger partial charge in [0, 0.05) is 18.0 Å². The lowest BCUT2D eigenvalue weighted by Crippen LogP contribution is -2.54. The molecular formula is C19H32N2O. The quantitative estimate of drug-likeness (QED) is 0.841. The van der Waals surface area contributed by atoms with Gasteiger partial charge < -0.3 is 11.1 Å². The van der Waals surface area contributed by atoms with Crippen LogP contribution in [0, 0.1) is 29.6 Å². The first-order valence-corrected chi connectivity index (χ1v) is 9.78. The van der Waals surface area contributed by atoms with E-state index in [9.17, 15) is 4.79 Å². The molecule has 4 aliphatic carbocycles. The van der Waals surface area contributed by atoms with E-state index in [-0.39, 0.29) is 0 Å². The number of nitrogens with two attached hydrogens (primary N) is 1. The molecule has 4 rings (SSSR count). The van der Waals surface area contributed by atoms with Crippen molar-refractivity contribution in [3.05, 3.63) is 0 Å². The van der Waals surface area contributed by atoms with Crippen molar-refractivity contribution >= 4 is 5.91 Å². The molecule has 4 unspecified atom stereocenters. The van der Waals surface area contributed by atoms with Gasteiger partial charge in [-0.25, -0.2) is 0 Å². The van der Waals surface area contributed by atoms with Crippen molar-refractivity contribution in [3.8, 4) is 0 Å². The Morgan fingerprint density at radius 2 is 1.45 bits per heavy atom. The third-order valence-electron chi connectivity index (χ3n) is 7.12.